The molecule has 6 heteroatoms. The molecule has 4 aliphatic heterocycles. The Morgan fingerprint density at radius 1 is 1.10 bits per heavy atom. The minimum atomic E-state index is -0.306. The van der Waals surface area contributed by atoms with Gasteiger partial charge in [-0.05, 0) is 61.2 Å². The molecule has 1 N–H and O–H groups in total. The van der Waals surface area contributed by atoms with E-state index < -0.39 is 0 Å². The lowest BCUT2D eigenvalue weighted by Crippen LogP contribution is -2.52. The van der Waals surface area contributed by atoms with Gasteiger partial charge in [0.1, 0.15) is 11.9 Å². The van der Waals surface area contributed by atoms with Crippen LogP contribution in [0.4, 0.5) is 10.5 Å². The van der Waals surface area contributed by atoms with Crippen LogP contribution < -0.4 is 15.0 Å². The summed E-state index contributed by atoms with van der Waals surface area (Å²) in [5.74, 6) is 1.35. The minimum absolute atomic E-state index is 0.0214. The molecule has 2 atom stereocenters. The van der Waals surface area contributed by atoms with E-state index in [0.29, 0.717) is 12.5 Å². The molecule has 2 aromatic carbocycles. The SMILES string of the molecule is CN(C)c1cccc(-c2ccc3c(c2)OCCC3NC(=O)O[C@@H]2CN3CCC2CC3)c1. The molecule has 2 aromatic rings. The quantitative estimate of drug-likeness (QED) is 0.807. The predicted molar refractivity (Wildman–Crippen MR) is 122 cm³/mol. The lowest BCUT2D eigenvalue weighted by Gasteiger charge is -2.44. The third-order valence-electron chi connectivity index (χ3n) is 6.90. The smallest absolute Gasteiger partial charge is 0.407 e. The molecule has 6 nitrogen and oxygen atoms in total. The summed E-state index contributed by atoms with van der Waals surface area (Å²) in [6.45, 7) is 3.73. The van der Waals surface area contributed by atoms with Crippen molar-refractivity contribution in [2.45, 2.75) is 31.4 Å². The van der Waals surface area contributed by atoms with Crippen molar-refractivity contribution in [1.29, 1.82) is 0 Å². The molecule has 1 unspecified atom stereocenters. The third-order valence-corrected chi connectivity index (χ3v) is 6.90. The molecule has 3 saturated heterocycles. The van der Waals surface area contributed by atoms with Crippen molar-refractivity contribution in [3.63, 3.8) is 0 Å². The summed E-state index contributed by atoms with van der Waals surface area (Å²) in [4.78, 5) is 17.2. The van der Waals surface area contributed by atoms with Crippen molar-refractivity contribution in [3.8, 4) is 16.9 Å². The number of anilines is 1. The van der Waals surface area contributed by atoms with E-state index in [1.807, 2.05) is 14.1 Å². The number of amides is 1. The lowest BCUT2D eigenvalue weighted by molar-refractivity contribution is -0.0342. The first-order valence-electron chi connectivity index (χ1n) is 11.3. The molecule has 4 heterocycles. The Morgan fingerprint density at radius 3 is 2.65 bits per heavy atom. The van der Waals surface area contributed by atoms with Gasteiger partial charge in [0.2, 0.25) is 0 Å². The predicted octanol–water partition coefficient (Wildman–Crippen LogP) is 4.06. The van der Waals surface area contributed by atoms with E-state index in [4.69, 9.17) is 9.47 Å². The first kappa shape index (κ1) is 20.2. The first-order chi connectivity index (χ1) is 15.1. The Morgan fingerprint density at radius 2 is 1.90 bits per heavy atom. The largest absolute Gasteiger partial charge is 0.493 e. The zero-order valence-electron chi connectivity index (χ0n) is 18.3. The van der Waals surface area contributed by atoms with Crippen LogP contribution in [0.25, 0.3) is 11.1 Å². The summed E-state index contributed by atoms with van der Waals surface area (Å²) in [6, 6.07) is 14.6. The Bertz CT molecular complexity index is 953. The molecule has 0 spiro atoms. The summed E-state index contributed by atoms with van der Waals surface area (Å²) < 4.78 is 11.8. The van der Waals surface area contributed by atoms with E-state index in [0.717, 1.165) is 67.0 Å². The number of fused-ring (bicyclic) bond motifs is 4. The highest BCUT2D eigenvalue weighted by Crippen LogP contribution is 2.36. The minimum Gasteiger partial charge on any atom is -0.493 e. The maximum atomic E-state index is 12.7. The maximum absolute atomic E-state index is 12.7. The van der Waals surface area contributed by atoms with Crippen LogP contribution in [0.5, 0.6) is 5.75 Å². The van der Waals surface area contributed by atoms with E-state index in [2.05, 4.69) is 57.6 Å². The second-order valence-electron chi connectivity index (χ2n) is 9.11. The number of rotatable bonds is 4. The van der Waals surface area contributed by atoms with Crippen LogP contribution in [-0.4, -0.2) is 57.4 Å². The van der Waals surface area contributed by atoms with Gasteiger partial charge in [-0.3, -0.25) is 4.90 Å². The molecule has 6 rings (SSSR count). The maximum Gasteiger partial charge on any atom is 0.407 e. The summed E-state index contributed by atoms with van der Waals surface area (Å²) in [5.41, 5.74) is 4.43. The van der Waals surface area contributed by atoms with Gasteiger partial charge in [0.25, 0.3) is 0 Å². The third kappa shape index (κ3) is 4.22. The molecule has 0 aliphatic carbocycles. The van der Waals surface area contributed by atoms with Gasteiger partial charge in [-0.25, -0.2) is 4.79 Å². The van der Waals surface area contributed by atoms with Gasteiger partial charge >= 0.3 is 6.09 Å². The highest BCUT2D eigenvalue weighted by Gasteiger charge is 2.37. The molecule has 2 bridgehead atoms. The molecule has 4 aliphatic rings. The summed E-state index contributed by atoms with van der Waals surface area (Å²) in [5, 5.41) is 3.10. The topological polar surface area (TPSA) is 54.0 Å². The molecular formula is C25H31N3O3. The van der Waals surface area contributed by atoms with E-state index in [-0.39, 0.29) is 18.2 Å². The summed E-state index contributed by atoms with van der Waals surface area (Å²) in [7, 11) is 4.08. The molecular weight excluding hydrogens is 390 g/mol. The molecule has 0 saturated carbocycles. The van der Waals surface area contributed by atoms with Crippen LogP contribution in [-0.2, 0) is 4.74 Å². The Labute approximate surface area is 184 Å². The van der Waals surface area contributed by atoms with Crippen molar-refractivity contribution in [2.24, 2.45) is 5.92 Å². The first-order valence-corrected chi connectivity index (χ1v) is 11.3. The average Bonchev–Trinajstić information content (AvgIpc) is 2.80. The normalized spacial score (nSPS) is 26.5. The summed E-state index contributed by atoms with van der Waals surface area (Å²) >= 11 is 0. The second kappa shape index (κ2) is 8.42. The fraction of sp³-hybridized carbons (Fsp3) is 0.480. The monoisotopic (exact) mass is 421 g/mol. The van der Waals surface area contributed by atoms with Crippen molar-refractivity contribution < 1.29 is 14.3 Å². The zero-order chi connectivity index (χ0) is 21.4. The number of nitrogens with zero attached hydrogens (tertiary/aromatic N) is 2. The van der Waals surface area contributed by atoms with Crippen molar-refractivity contribution in [1.82, 2.24) is 10.2 Å². The van der Waals surface area contributed by atoms with E-state index in [9.17, 15) is 4.79 Å². The van der Waals surface area contributed by atoms with Gasteiger partial charge in [0, 0.05) is 38.3 Å². The van der Waals surface area contributed by atoms with Gasteiger partial charge in [0.05, 0.1) is 12.6 Å². The molecule has 31 heavy (non-hydrogen) atoms. The second-order valence-corrected chi connectivity index (χ2v) is 9.11. The number of hydrogen-bond donors (Lipinski definition) is 1. The van der Waals surface area contributed by atoms with Gasteiger partial charge in [0.15, 0.2) is 0 Å². The van der Waals surface area contributed by atoms with Crippen LogP contribution in [0.3, 0.4) is 0 Å². The lowest BCUT2D eigenvalue weighted by atomic mass is 9.86. The Kier molecular flexibility index (Phi) is 5.48. The Balaban J connectivity index is 1.29. The van der Waals surface area contributed by atoms with E-state index in [1.165, 1.54) is 0 Å². The fourth-order valence-corrected chi connectivity index (χ4v) is 5.04. The number of carbonyl (C=O) groups excluding carboxylic acids is 1. The molecule has 3 fully saturated rings. The van der Waals surface area contributed by atoms with Crippen LogP contribution in [0.1, 0.15) is 30.9 Å². The number of nitrogens with one attached hydrogen (secondary N) is 1. The number of ether oxygens (including phenoxy) is 2. The van der Waals surface area contributed by atoms with Gasteiger partial charge in [-0.2, -0.15) is 0 Å². The number of alkyl carbamates (subject to hydrolysis) is 1. The van der Waals surface area contributed by atoms with Gasteiger partial charge in [-0.15, -0.1) is 0 Å². The van der Waals surface area contributed by atoms with Gasteiger partial charge in [-0.1, -0.05) is 24.3 Å². The molecule has 1 amide bonds. The van der Waals surface area contributed by atoms with E-state index >= 15 is 0 Å². The standard InChI is InChI=1S/C25H31N3O3/c1-27(2)20-5-3-4-18(14-20)19-6-7-21-22(10-13-30-23(21)15-19)26-25(29)31-24-16-28-11-8-17(24)9-12-28/h3-7,14-15,17,22,24H,8-13,16H2,1-2H3,(H,26,29)/t22?,24-/m1/s1. The van der Waals surface area contributed by atoms with Crippen molar-refractivity contribution >= 4 is 11.8 Å². The average molecular weight is 422 g/mol. The number of hydrogen-bond acceptors (Lipinski definition) is 5. The van der Waals surface area contributed by atoms with E-state index in [1.54, 1.807) is 0 Å². The van der Waals surface area contributed by atoms with Crippen molar-refractivity contribution in [3.05, 3.63) is 48.0 Å². The van der Waals surface area contributed by atoms with Crippen LogP contribution in [0, 0.1) is 5.92 Å². The van der Waals surface area contributed by atoms with Gasteiger partial charge < -0.3 is 19.7 Å². The van der Waals surface area contributed by atoms with Crippen LogP contribution in [0.2, 0.25) is 0 Å². The number of benzene rings is 2. The fourth-order valence-electron chi connectivity index (χ4n) is 5.04. The summed E-state index contributed by atoms with van der Waals surface area (Å²) in [6.07, 6.45) is 2.73. The number of carbonyl (C=O) groups is 1. The van der Waals surface area contributed by atoms with Crippen LogP contribution >= 0.6 is 0 Å². The highest BCUT2D eigenvalue weighted by molar-refractivity contribution is 5.72. The molecule has 0 radical (unpaired) electrons. The van der Waals surface area contributed by atoms with Crippen molar-refractivity contribution in [2.75, 3.05) is 45.2 Å². The molecule has 164 valence electrons. The zero-order valence-corrected chi connectivity index (χ0v) is 18.3. The highest BCUT2D eigenvalue weighted by atomic mass is 16.6. The molecule has 0 aromatic heterocycles. The number of piperidine rings is 3. The Hall–Kier alpha value is -2.73. The van der Waals surface area contributed by atoms with Crippen LogP contribution in [0.15, 0.2) is 42.5 Å².